The summed E-state index contributed by atoms with van der Waals surface area (Å²) in [6.07, 6.45) is 4.40. The summed E-state index contributed by atoms with van der Waals surface area (Å²) in [5.41, 5.74) is -2.79. The molecule has 1 saturated heterocycles. The quantitative estimate of drug-likeness (QED) is 0.562. The van der Waals surface area contributed by atoms with E-state index in [4.69, 9.17) is 9.47 Å². The predicted octanol–water partition coefficient (Wildman–Crippen LogP) is 2.51. The largest absolute Gasteiger partial charge is 0.459 e. The molecule has 6 heteroatoms. The first-order chi connectivity index (χ1) is 12.6. The fraction of sp³-hybridized carbons (Fsp3) is 0.810. The molecule has 3 rings (SSSR count). The lowest BCUT2D eigenvalue weighted by atomic mass is 9.45. The third kappa shape index (κ3) is 3.01. The van der Waals surface area contributed by atoms with Gasteiger partial charge in [-0.3, -0.25) is 4.79 Å². The first-order valence-corrected chi connectivity index (χ1v) is 10.1. The third-order valence-electron chi connectivity index (χ3n) is 7.12. The van der Waals surface area contributed by atoms with Crippen LogP contribution in [-0.2, 0) is 19.1 Å². The van der Waals surface area contributed by atoms with Gasteiger partial charge in [-0.05, 0) is 30.8 Å². The zero-order valence-corrected chi connectivity index (χ0v) is 16.8. The lowest BCUT2D eigenvalue weighted by Crippen LogP contribution is -2.68. The highest BCUT2D eigenvalue weighted by Gasteiger charge is 2.70. The van der Waals surface area contributed by atoms with Crippen LogP contribution in [0.4, 0.5) is 0 Å². The Morgan fingerprint density at radius 1 is 1.33 bits per heavy atom. The number of rotatable bonds is 5. The highest BCUT2D eigenvalue weighted by Crippen LogP contribution is 2.62. The number of ether oxygens (including phenoxy) is 2. The van der Waals surface area contributed by atoms with E-state index in [1.165, 1.54) is 0 Å². The van der Waals surface area contributed by atoms with Gasteiger partial charge < -0.3 is 19.7 Å². The summed E-state index contributed by atoms with van der Waals surface area (Å²) in [5.74, 6) is -1.23. The van der Waals surface area contributed by atoms with Crippen molar-refractivity contribution < 1.29 is 29.3 Å². The highest BCUT2D eigenvalue weighted by molar-refractivity contribution is 5.94. The predicted molar refractivity (Wildman–Crippen MR) is 98.6 cm³/mol. The maximum atomic E-state index is 12.4. The number of unbranched alkanes of at least 4 members (excludes halogenated alkanes) is 2. The van der Waals surface area contributed by atoms with Gasteiger partial charge in [0.1, 0.15) is 18.3 Å². The Bertz CT molecular complexity index is 653. The summed E-state index contributed by atoms with van der Waals surface area (Å²) in [7, 11) is 0. The van der Waals surface area contributed by atoms with Crippen LogP contribution in [0.3, 0.4) is 0 Å². The molecule has 2 aliphatic carbocycles. The Labute approximate surface area is 160 Å². The molecule has 1 heterocycles. The van der Waals surface area contributed by atoms with Crippen molar-refractivity contribution in [2.45, 2.75) is 84.0 Å². The van der Waals surface area contributed by atoms with Gasteiger partial charge >= 0.3 is 11.9 Å². The standard InChI is InChI=1S/C21H32O6/c1-5-6-7-8-16(23)27-14-11-13-18(24)26-12-21(13,25)20(4)15(22)9-10-19(2,3)17(14)20/h11,14-15,17,22,25H,5-10,12H2,1-4H3. The van der Waals surface area contributed by atoms with Crippen molar-refractivity contribution in [1.82, 2.24) is 0 Å². The molecule has 152 valence electrons. The van der Waals surface area contributed by atoms with Gasteiger partial charge in [0, 0.05) is 17.8 Å². The number of aliphatic hydroxyl groups is 2. The minimum Gasteiger partial charge on any atom is -0.459 e. The fourth-order valence-electron chi connectivity index (χ4n) is 5.54. The van der Waals surface area contributed by atoms with Crippen molar-refractivity contribution in [3.05, 3.63) is 11.6 Å². The lowest BCUT2D eigenvalue weighted by molar-refractivity contribution is -0.226. The maximum absolute atomic E-state index is 12.4. The van der Waals surface area contributed by atoms with E-state index < -0.39 is 29.2 Å². The Morgan fingerprint density at radius 2 is 2.04 bits per heavy atom. The molecule has 1 saturated carbocycles. The number of carbonyl (C=O) groups is 2. The van der Waals surface area contributed by atoms with Crippen LogP contribution < -0.4 is 0 Å². The fourth-order valence-corrected chi connectivity index (χ4v) is 5.54. The Hall–Kier alpha value is -1.40. The molecule has 1 aliphatic heterocycles. The number of hydrogen-bond acceptors (Lipinski definition) is 6. The van der Waals surface area contributed by atoms with E-state index in [0.29, 0.717) is 12.8 Å². The zero-order valence-electron chi connectivity index (χ0n) is 16.8. The van der Waals surface area contributed by atoms with Crippen molar-refractivity contribution in [2.24, 2.45) is 16.7 Å². The summed E-state index contributed by atoms with van der Waals surface area (Å²) in [6, 6.07) is 0. The van der Waals surface area contributed by atoms with Crippen LogP contribution in [0, 0.1) is 16.7 Å². The summed E-state index contributed by atoms with van der Waals surface area (Å²) in [6.45, 7) is 7.84. The number of fused-ring (bicyclic) bond motifs is 3. The van der Waals surface area contributed by atoms with E-state index in [2.05, 4.69) is 20.8 Å². The molecule has 5 atom stereocenters. The van der Waals surface area contributed by atoms with Gasteiger partial charge in [-0.1, -0.05) is 40.5 Å². The second-order valence-corrected chi connectivity index (χ2v) is 9.23. The number of esters is 2. The van der Waals surface area contributed by atoms with E-state index in [0.717, 1.165) is 25.7 Å². The molecular formula is C21H32O6. The zero-order chi connectivity index (χ0) is 20.0. The first-order valence-electron chi connectivity index (χ1n) is 10.1. The second-order valence-electron chi connectivity index (χ2n) is 9.23. The number of aliphatic hydroxyl groups excluding tert-OH is 1. The monoisotopic (exact) mass is 380 g/mol. The van der Waals surface area contributed by atoms with Crippen LogP contribution in [0.2, 0.25) is 0 Å². The minimum absolute atomic E-state index is 0.115. The lowest BCUT2D eigenvalue weighted by Gasteiger charge is -2.61. The molecule has 5 unspecified atom stereocenters. The van der Waals surface area contributed by atoms with Crippen LogP contribution in [0.1, 0.15) is 66.2 Å². The SMILES string of the molecule is CCCCCC(=O)OC1C=C2C(=O)OCC2(O)C2(C)C(O)CCC(C)(C)C12. The summed E-state index contributed by atoms with van der Waals surface area (Å²) < 4.78 is 11.0. The average Bonchev–Trinajstić information content (AvgIpc) is 2.88. The number of cyclic esters (lactones) is 1. The maximum Gasteiger partial charge on any atom is 0.337 e. The highest BCUT2D eigenvalue weighted by atomic mass is 16.6. The van der Waals surface area contributed by atoms with E-state index in [-0.39, 0.29) is 29.5 Å². The van der Waals surface area contributed by atoms with Crippen molar-refractivity contribution >= 4 is 11.9 Å². The Morgan fingerprint density at radius 3 is 2.70 bits per heavy atom. The van der Waals surface area contributed by atoms with Crippen molar-refractivity contribution in [3.8, 4) is 0 Å². The van der Waals surface area contributed by atoms with Crippen molar-refractivity contribution in [3.63, 3.8) is 0 Å². The van der Waals surface area contributed by atoms with Gasteiger partial charge in [-0.25, -0.2) is 4.79 Å². The molecule has 2 fully saturated rings. The smallest absolute Gasteiger partial charge is 0.337 e. The summed E-state index contributed by atoms with van der Waals surface area (Å²) in [5, 5.41) is 22.4. The van der Waals surface area contributed by atoms with Gasteiger partial charge in [0.15, 0.2) is 0 Å². The number of carbonyl (C=O) groups excluding carboxylic acids is 2. The molecule has 0 aromatic rings. The minimum atomic E-state index is -1.57. The first kappa shape index (κ1) is 20.3. The molecular weight excluding hydrogens is 348 g/mol. The van der Waals surface area contributed by atoms with Gasteiger partial charge in [0.05, 0.1) is 11.7 Å². The van der Waals surface area contributed by atoms with Crippen LogP contribution in [0.5, 0.6) is 0 Å². The summed E-state index contributed by atoms with van der Waals surface area (Å²) >= 11 is 0. The van der Waals surface area contributed by atoms with Gasteiger partial charge in [0.25, 0.3) is 0 Å². The molecule has 27 heavy (non-hydrogen) atoms. The van der Waals surface area contributed by atoms with Crippen LogP contribution in [0.15, 0.2) is 11.6 Å². The Kier molecular flexibility index (Phi) is 5.19. The second kappa shape index (κ2) is 6.89. The molecule has 0 amide bonds. The van der Waals surface area contributed by atoms with Crippen LogP contribution in [-0.4, -0.2) is 46.6 Å². The summed E-state index contributed by atoms with van der Waals surface area (Å²) in [4.78, 5) is 24.7. The molecule has 3 aliphatic rings. The van der Waals surface area contributed by atoms with Crippen molar-refractivity contribution in [2.75, 3.05) is 6.61 Å². The molecule has 0 spiro atoms. The number of hydrogen-bond donors (Lipinski definition) is 2. The topological polar surface area (TPSA) is 93.1 Å². The molecule has 6 nitrogen and oxygen atoms in total. The molecule has 0 radical (unpaired) electrons. The van der Waals surface area contributed by atoms with Crippen LogP contribution in [0.25, 0.3) is 0 Å². The molecule has 0 aromatic carbocycles. The van der Waals surface area contributed by atoms with E-state index in [9.17, 15) is 19.8 Å². The Balaban J connectivity index is 2.00. The molecule has 0 aromatic heterocycles. The third-order valence-corrected chi connectivity index (χ3v) is 7.12. The van der Waals surface area contributed by atoms with E-state index in [1.807, 2.05) is 0 Å². The van der Waals surface area contributed by atoms with Gasteiger partial charge in [-0.15, -0.1) is 0 Å². The van der Waals surface area contributed by atoms with Crippen LogP contribution >= 0.6 is 0 Å². The normalized spacial score (nSPS) is 39.9. The average molecular weight is 380 g/mol. The van der Waals surface area contributed by atoms with E-state index >= 15 is 0 Å². The molecule has 2 N–H and O–H groups in total. The van der Waals surface area contributed by atoms with Gasteiger partial charge in [-0.2, -0.15) is 0 Å². The molecule has 0 bridgehead atoms. The van der Waals surface area contributed by atoms with Gasteiger partial charge in [0.2, 0.25) is 0 Å². The van der Waals surface area contributed by atoms with Crippen molar-refractivity contribution in [1.29, 1.82) is 0 Å². The van der Waals surface area contributed by atoms with E-state index in [1.54, 1.807) is 13.0 Å².